The number of nitrogens with zero attached hydrogens (tertiary/aromatic N) is 10. The molecule has 3 saturated heterocycles. The third-order valence-corrected chi connectivity index (χ3v) is 9.00. The SMILES string of the molecule is Nc1ccn([C@@H]2O[C@H](CO)[C@@H](O)[C@H]2O)c(=O)n1.Nc1ncnc2c1ncn2[C@@H]1O[C@H](CO)[C@@H](O)[C@H]1O.Nc1ncnc2c1ncn2[C@@H]1O[C@H](CO)[C@@H](O)[C@H]1O. The normalized spacial score (nSPS) is 31.7. The van der Waals surface area contributed by atoms with Crippen molar-refractivity contribution in [2.24, 2.45) is 0 Å². The maximum atomic E-state index is 11.5. The van der Waals surface area contributed by atoms with Crippen molar-refractivity contribution >= 4 is 39.8 Å². The first-order valence-corrected chi connectivity index (χ1v) is 16.4. The highest BCUT2D eigenvalue weighted by atomic mass is 16.6. The molecule has 8 rings (SSSR count). The molecule has 26 nitrogen and oxygen atoms in total. The molecule has 12 atom stereocenters. The van der Waals surface area contributed by atoms with Gasteiger partial charge in [0.05, 0.1) is 32.5 Å². The number of anilines is 3. The molecule has 26 heteroatoms. The van der Waals surface area contributed by atoms with Gasteiger partial charge in [0.15, 0.2) is 41.6 Å². The molecule has 8 heterocycles. The quantitative estimate of drug-likeness (QED) is 0.0762. The van der Waals surface area contributed by atoms with E-state index >= 15 is 0 Å². The molecule has 0 aliphatic carbocycles. The first kappa shape index (κ1) is 39.6. The number of aliphatic hydroxyl groups is 9. The summed E-state index contributed by atoms with van der Waals surface area (Å²) in [5.74, 6) is 0.490. The van der Waals surface area contributed by atoms with E-state index in [1.807, 2.05) is 0 Å². The Balaban J connectivity index is 0.000000141. The molecule has 0 amide bonds. The molecule has 0 radical (unpaired) electrons. The van der Waals surface area contributed by atoms with E-state index in [0.29, 0.717) is 22.3 Å². The van der Waals surface area contributed by atoms with Gasteiger partial charge in [0.1, 0.15) is 84.4 Å². The van der Waals surface area contributed by atoms with Gasteiger partial charge in [0, 0.05) is 6.20 Å². The van der Waals surface area contributed by atoms with Crippen LogP contribution < -0.4 is 22.9 Å². The largest absolute Gasteiger partial charge is 0.394 e. The number of fused-ring (bicyclic) bond motifs is 2. The monoisotopic (exact) mass is 777 g/mol. The Morgan fingerprint density at radius 2 is 0.945 bits per heavy atom. The van der Waals surface area contributed by atoms with Crippen LogP contribution in [-0.2, 0) is 14.2 Å². The van der Waals surface area contributed by atoms with Gasteiger partial charge >= 0.3 is 5.69 Å². The Hall–Kier alpha value is -5.10. The minimum Gasteiger partial charge on any atom is -0.394 e. The highest BCUT2D eigenvalue weighted by Gasteiger charge is 2.46. The molecular weight excluding hydrogens is 738 g/mol. The summed E-state index contributed by atoms with van der Waals surface area (Å²) in [4.78, 5) is 38.8. The minimum atomic E-state index is -1.31. The van der Waals surface area contributed by atoms with Gasteiger partial charge < -0.3 is 77.4 Å². The van der Waals surface area contributed by atoms with E-state index in [9.17, 15) is 35.4 Å². The Morgan fingerprint density at radius 1 is 0.564 bits per heavy atom. The molecule has 5 aromatic heterocycles. The zero-order valence-corrected chi connectivity index (χ0v) is 28.4. The third kappa shape index (κ3) is 7.48. The highest BCUT2D eigenvalue weighted by molar-refractivity contribution is 5.81. The van der Waals surface area contributed by atoms with Gasteiger partial charge in [0.25, 0.3) is 0 Å². The lowest BCUT2D eigenvalue weighted by atomic mass is 10.1. The Kier molecular flexibility index (Phi) is 11.8. The molecule has 0 unspecified atom stereocenters. The molecule has 0 saturated carbocycles. The van der Waals surface area contributed by atoms with E-state index in [0.717, 1.165) is 4.57 Å². The predicted octanol–water partition coefficient (Wildman–Crippen LogP) is -6.52. The summed E-state index contributed by atoms with van der Waals surface area (Å²) >= 11 is 0. The Bertz CT molecular complexity index is 2030. The van der Waals surface area contributed by atoms with Gasteiger partial charge in [0.2, 0.25) is 0 Å². The van der Waals surface area contributed by atoms with Crippen LogP contribution in [-0.4, -0.2) is 169 Å². The highest BCUT2D eigenvalue weighted by Crippen LogP contribution is 2.33. The molecule has 0 spiro atoms. The van der Waals surface area contributed by atoms with E-state index in [-0.39, 0.29) is 17.5 Å². The van der Waals surface area contributed by atoms with E-state index in [1.54, 1.807) is 0 Å². The summed E-state index contributed by atoms with van der Waals surface area (Å²) < 4.78 is 19.9. The van der Waals surface area contributed by atoms with Crippen molar-refractivity contribution in [2.75, 3.05) is 37.0 Å². The zero-order chi connectivity index (χ0) is 39.7. The Labute approximate surface area is 307 Å². The van der Waals surface area contributed by atoms with Crippen LogP contribution in [0.15, 0.2) is 42.4 Å². The number of nitrogens with two attached hydrogens (primary N) is 3. The summed E-state index contributed by atoms with van der Waals surface area (Å²) in [6.45, 7) is -1.23. The van der Waals surface area contributed by atoms with Crippen LogP contribution in [0.3, 0.4) is 0 Å². The van der Waals surface area contributed by atoms with Crippen LogP contribution in [0.4, 0.5) is 17.5 Å². The van der Waals surface area contributed by atoms with Gasteiger partial charge in [-0.1, -0.05) is 0 Å². The first-order valence-electron chi connectivity index (χ1n) is 16.4. The second kappa shape index (κ2) is 16.3. The number of hydrogen-bond donors (Lipinski definition) is 12. The van der Waals surface area contributed by atoms with Crippen LogP contribution >= 0.6 is 0 Å². The van der Waals surface area contributed by atoms with Crippen molar-refractivity contribution in [1.29, 1.82) is 0 Å². The molecule has 5 aromatic rings. The number of nitrogen functional groups attached to an aromatic ring is 3. The fraction of sp³-hybridized carbons (Fsp3) is 0.517. The molecule has 0 bridgehead atoms. The van der Waals surface area contributed by atoms with Crippen LogP contribution in [0.1, 0.15) is 18.7 Å². The minimum absolute atomic E-state index is 0.0537. The Morgan fingerprint density at radius 3 is 1.29 bits per heavy atom. The van der Waals surface area contributed by atoms with Crippen molar-refractivity contribution in [2.45, 2.75) is 73.6 Å². The fourth-order valence-electron chi connectivity index (χ4n) is 6.06. The summed E-state index contributed by atoms with van der Waals surface area (Å²) in [6, 6.07) is 1.37. The maximum absolute atomic E-state index is 11.5. The van der Waals surface area contributed by atoms with Crippen molar-refractivity contribution in [3.63, 3.8) is 0 Å². The van der Waals surface area contributed by atoms with Gasteiger partial charge in [-0.05, 0) is 6.07 Å². The number of imidazole rings is 2. The lowest BCUT2D eigenvalue weighted by Crippen LogP contribution is -2.36. The van der Waals surface area contributed by atoms with E-state index in [2.05, 4.69) is 34.9 Å². The van der Waals surface area contributed by atoms with E-state index in [1.165, 1.54) is 46.7 Å². The molecule has 3 aliphatic heterocycles. The maximum Gasteiger partial charge on any atom is 0.351 e. The molecule has 0 aromatic carbocycles. The van der Waals surface area contributed by atoms with Crippen LogP contribution in [0.2, 0.25) is 0 Å². The molecule has 3 fully saturated rings. The molecule has 3 aliphatic rings. The second-order valence-electron chi connectivity index (χ2n) is 12.4. The van der Waals surface area contributed by atoms with E-state index in [4.69, 9.17) is 46.7 Å². The van der Waals surface area contributed by atoms with Crippen molar-refractivity contribution in [3.05, 3.63) is 48.1 Å². The standard InChI is InChI=1S/2C10H13N5O4.C9H13N3O5/c2*11-8-5-9(13-2-12-8)15(3-14-5)10-7(18)6(17)4(1-16)19-10;10-5-1-2-12(9(16)11-5)8-7(15)6(14)4(3-13)17-8/h2*2-4,6-7,10,16-18H,1H2,(H2,11,12,13);1-2,4,6-8,13-15H,3H2,(H2,10,11,16)/t2*4-,6-,7-,10-;4-,6-,7-,8-/m111/s1. The number of aliphatic hydroxyl groups excluding tert-OH is 9. The van der Waals surface area contributed by atoms with Gasteiger partial charge in [-0.3, -0.25) is 13.7 Å². The third-order valence-electron chi connectivity index (χ3n) is 9.00. The predicted molar refractivity (Wildman–Crippen MR) is 181 cm³/mol. The summed E-state index contributed by atoms with van der Waals surface area (Å²) in [5, 5.41) is 85.6. The molecule has 55 heavy (non-hydrogen) atoms. The van der Waals surface area contributed by atoms with Gasteiger partial charge in [-0.15, -0.1) is 0 Å². The summed E-state index contributed by atoms with van der Waals surface area (Å²) in [5.41, 5.74) is 17.5. The molecule has 298 valence electrons. The molecule has 15 N–H and O–H groups in total. The van der Waals surface area contributed by atoms with E-state index < -0.39 is 99.1 Å². The summed E-state index contributed by atoms with van der Waals surface area (Å²) in [7, 11) is 0. The first-order chi connectivity index (χ1) is 26.3. The fourth-order valence-corrected chi connectivity index (χ4v) is 6.06. The number of aromatic nitrogens is 10. The second-order valence-corrected chi connectivity index (χ2v) is 12.4. The van der Waals surface area contributed by atoms with Crippen molar-refractivity contribution < 1.29 is 60.2 Å². The smallest absolute Gasteiger partial charge is 0.351 e. The average Bonchev–Trinajstić information content (AvgIpc) is 3.98. The van der Waals surface area contributed by atoms with Crippen LogP contribution in [0, 0.1) is 0 Å². The average molecular weight is 778 g/mol. The number of rotatable bonds is 6. The number of hydrogen-bond acceptors (Lipinski definition) is 23. The topological polar surface area (TPSA) is 410 Å². The lowest BCUT2D eigenvalue weighted by Gasteiger charge is -2.16. The van der Waals surface area contributed by atoms with Crippen LogP contribution in [0.25, 0.3) is 22.3 Å². The van der Waals surface area contributed by atoms with Crippen molar-refractivity contribution in [1.82, 2.24) is 48.6 Å². The zero-order valence-electron chi connectivity index (χ0n) is 28.4. The lowest BCUT2D eigenvalue weighted by molar-refractivity contribution is -0.0549. The summed E-state index contributed by atoms with van der Waals surface area (Å²) in [6.07, 6.45) is -6.11. The van der Waals surface area contributed by atoms with Gasteiger partial charge in [-0.25, -0.2) is 34.7 Å². The van der Waals surface area contributed by atoms with Crippen molar-refractivity contribution in [3.8, 4) is 0 Å². The number of ether oxygens (including phenoxy) is 3. The van der Waals surface area contributed by atoms with Crippen LogP contribution in [0.5, 0.6) is 0 Å². The van der Waals surface area contributed by atoms with Gasteiger partial charge in [-0.2, -0.15) is 4.98 Å². The molecular formula is C29H39N13O13.